The number of hydrogen-bond acceptors (Lipinski definition) is 3. The van der Waals surface area contributed by atoms with Gasteiger partial charge in [0.15, 0.2) is 5.82 Å². The van der Waals surface area contributed by atoms with Crippen molar-refractivity contribution in [2.45, 2.75) is 13.2 Å². The first kappa shape index (κ1) is 21.0. The van der Waals surface area contributed by atoms with E-state index in [0.717, 1.165) is 11.1 Å². The molecule has 1 aromatic heterocycles. The fourth-order valence-corrected chi connectivity index (χ4v) is 3.44. The molecular formula is C24H19Cl2N3O2. The zero-order valence-corrected chi connectivity index (χ0v) is 18.0. The molecule has 1 N–H and O–H groups in total. The minimum atomic E-state index is -0.224. The quantitative estimate of drug-likeness (QED) is 0.370. The first-order chi connectivity index (χ1) is 15.1. The molecule has 4 aromatic rings. The van der Waals surface area contributed by atoms with E-state index in [9.17, 15) is 4.79 Å². The van der Waals surface area contributed by atoms with Crippen LogP contribution in [0.2, 0.25) is 10.0 Å². The third kappa shape index (κ3) is 5.66. The van der Waals surface area contributed by atoms with E-state index in [0.29, 0.717) is 40.3 Å². The summed E-state index contributed by atoms with van der Waals surface area (Å²) < 4.78 is 7.51. The topological polar surface area (TPSA) is 56.2 Å². The maximum absolute atomic E-state index is 12.5. The van der Waals surface area contributed by atoms with Gasteiger partial charge >= 0.3 is 0 Å². The summed E-state index contributed by atoms with van der Waals surface area (Å²) in [4.78, 5) is 12.5. The van der Waals surface area contributed by atoms with Crippen LogP contribution in [0.25, 0.3) is 0 Å². The fourth-order valence-electron chi connectivity index (χ4n) is 2.98. The van der Waals surface area contributed by atoms with Gasteiger partial charge in [0, 0.05) is 22.8 Å². The summed E-state index contributed by atoms with van der Waals surface area (Å²) in [7, 11) is 0. The second-order valence-corrected chi connectivity index (χ2v) is 7.74. The van der Waals surface area contributed by atoms with Crippen LogP contribution in [0.4, 0.5) is 5.82 Å². The first-order valence-corrected chi connectivity index (χ1v) is 10.4. The average Bonchev–Trinajstić information content (AvgIpc) is 3.21. The van der Waals surface area contributed by atoms with Gasteiger partial charge in [0.1, 0.15) is 12.4 Å². The molecule has 0 atom stereocenters. The van der Waals surface area contributed by atoms with Crippen molar-refractivity contribution in [1.29, 1.82) is 0 Å². The molecule has 0 aliphatic rings. The lowest BCUT2D eigenvalue weighted by Gasteiger charge is -2.09. The van der Waals surface area contributed by atoms with Crippen molar-refractivity contribution >= 4 is 34.9 Å². The molecule has 0 aliphatic carbocycles. The number of nitrogens with zero attached hydrogens (tertiary/aromatic N) is 2. The number of nitrogens with one attached hydrogen (secondary N) is 1. The summed E-state index contributed by atoms with van der Waals surface area (Å²) in [5.74, 6) is 0.836. The van der Waals surface area contributed by atoms with Gasteiger partial charge in [0.2, 0.25) is 0 Å². The number of benzene rings is 3. The van der Waals surface area contributed by atoms with Crippen LogP contribution in [-0.4, -0.2) is 15.7 Å². The molecular weight excluding hydrogens is 433 g/mol. The maximum atomic E-state index is 12.5. The molecule has 1 heterocycles. The molecule has 0 spiro atoms. The normalized spacial score (nSPS) is 10.6. The molecule has 0 fully saturated rings. The number of hydrogen-bond donors (Lipinski definition) is 1. The van der Waals surface area contributed by atoms with Crippen LogP contribution >= 0.6 is 23.2 Å². The van der Waals surface area contributed by atoms with Crippen molar-refractivity contribution in [2.24, 2.45) is 0 Å². The van der Waals surface area contributed by atoms with Crippen LogP contribution < -0.4 is 10.1 Å². The fraction of sp³-hybridized carbons (Fsp3) is 0.0833. The predicted octanol–water partition coefficient (Wildman–Crippen LogP) is 6.07. The highest BCUT2D eigenvalue weighted by Gasteiger charge is 2.09. The molecule has 31 heavy (non-hydrogen) atoms. The Kier molecular flexibility index (Phi) is 6.55. The highest BCUT2D eigenvalue weighted by atomic mass is 35.5. The number of anilines is 1. The molecule has 4 rings (SSSR count). The molecule has 0 bridgehead atoms. The second kappa shape index (κ2) is 9.69. The number of aromatic nitrogens is 2. The zero-order valence-electron chi connectivity index (χ0n) is 16.5. The van der Waals surface area contributed by atoms with E-state index in [4.69, 9.17) is 27.9 Å². The van der Waals surface area contributed by atoms with Crippen molar-refractivity contribution < 1.29 is 9.53 Å². The van der Waals surface area contributed by atoms with Gasteiger partial charge in [-0.1, -0.05) is 65.7 Å². The number of carbonyl (C=O) groups excluding carboxylic acids is 1. The average molecular weight is 452 g/mol. The summed E-state index contributed by atoms with van der Waals surface area (Å²) in [5.41, 5.74) is 2.58. The third-order valence-corrected chi connectivity index (χ3v) is 5.10. The molecule has 3 aromatic carbocycles. The number of amides is 1. The molecule has 156 valence electrons. The molecule has 0 radical (unpaired) electrons. The van der Waals surface area contributed by atoms with Gasteiger partial charge in [-0.2, -0.15) is 5.10 Å². The van der Waals surface area contributed by atoms with E-state index in [-0.39, 0.29) is 5.91 Å². The van der Waals surface area contributed by atoms with E-state index in [2.05, 4.69) is 10.4 Å². The highest BCUT2D eigenvalue weighted by Crippen LogP contribution is 2.28. The van der Waals surface area contributed by atoms with E-state index in [1.165, 1.54) is 0 Å². The van der Waals surface area contributed by atoms with Gasteiger partial charge in [-0.05, 0) is 41.5 Å². The molecule has 0 saturated heterocycles. The van der Waals surface area contributed by atoms with Crippen LogP contribution in [0.1, 0.15) is 21.5 Å². The molecule has 0 saturated carbocycles. The van der Waals surface area contributed by atoms with E-state index < -0.39 is 0 Å². The number of rotatable bonds is 7. The van der Waals surface area contributed by atoms with Crippen LogP contribution in [0, 0.1) is 0 Å². The Morgan fingerprint density at radius 3 is 2.45 bits per heavy atom. The standard InChI is InChI=1S/C24H19Cl2N3O2/c25-20-10-11-22(21(26)14-20)31-16-18-6-8-19(9-7-18)24(30)27-23-12-13-29(28-23)15-17-4-2-1-3-5-17/h1-14H,15-16H2,(H,27,28,30). The Labute approximate surface area is 190 Å². The Morgan fingerprint density at radius 1 is 0.935 bits per heavy atom. The van der Waals surface area contributed by atoms with Crippen molar-refractivity contribution in [3.8, 4) is 5.75 Å². The molecule has 7 heteroatoms. The molecule has 5 nitrogen and oxygen atoms in total. The lowest BCUT2D eigenvalue weighted by atomic mass is 10.1. The number of halogens is 2. The minimum absolute atomic E-state index is 0.224. The summed E-state index contributed by atoms with van der Waals surface area (Å²) in [6.07, 6.45) is 1.84. The molecule has 0 unspecified atom stereocenters. The Hall–Kier alpha value is -3.28. The van der Waals surface area contributed by atoms with Crippen LogP contribution in [0.15, 0.2) is 85.1 Å². The number of carbonyl (C=O) groups is 1. The molecule has 1 amide bonds. The smallest absolute Gasteiger partial charge is 0.256 e. The minimum Gasteiger partial charge on any atom is -0.487 e. The maximum Gasteiger partial charge on any atom is 0.256 e. The Balaban J connectivity index is 1.33. The zero-order chi connectivity index (χ0) is 21.6. The second-order valence-electron chi connectivity index (χ2n) is 6.90. The Bertz CT molecular complexity index is 1180. The van der Waals surface area contributed by atoms with Crippen molar-refractivity contribution in [3.05, 3.63) is 112 Å². The monoisotopic (exact) mass is 451 g/mol. The molecule has 0 aliphatic heterocycles. The summed E-state index contributed by atoms with van der Waals surface area (Å²) in [6.45, 7) is 0.968. The third-order valence-electron chi connectivity index (χ3n) is 4.57. The lowest BCUT2D eigenvalue weighted by Crippen LogP contribution is -2.13. The van der Waals surface area contributed by atoms with Gasteiger partial charge in [0.05, 0.1) is 11.6 Å². The Morgan fingerprint density at radius 2 is 1.71 bits per heavy atom. The summed E-state index contributed by atoms with van der Waals surface area (Å²) in [6, 6.07) is 24.0. The van der Waals surface area contributed by atoms with Crippen molar-refractivity contribution in [3.63, 3.8) is 0 Å². The van der Waals surface area contributed by atoms with E-state index >= 15 is 0 Å². The van der Waals surface area contributed by atoms with Gasteiger partial charge in [0.25, 0.3) is 5.91 Å². The first-order valence-electron chi connectivity index (χ1n) is 9.62. The van der Waals surface area contributed by atoms with Gasteiger partial charge in [-0.3, -0.25) is 9.48 Å². The van der Waals surface area contributed by atoms with Gasteiger partial charge in [-0.15, -0.1) is 0 Å². The summed E-state index contributed by atoms with van der Waals surface area (Å²) in [5, 5.41) is 8.24. The van der Waals surface area contributed by atoms with Gasteiger partial charge in [-0.25, -0.2) is 0 Å². The van der Waals surface area contributed by atoms with Gasteiger partial charge < -0.3 is 10.1 Å². The van der Waals surface area contributed by atoms with Crippen LogP contribution in [-0.2, 0) is 13.2 Å². The number of ether oxygens (including phenoxy) is 1. The highest BCUT2D eigenvalue weighted by molar-refractivity contribution is 6.35. The van der Waals surface area contributed by atoms with Crippen molar-refractivity contribution in [1.82, 2.24) is 9.78 Å². The van der Waals surface area contributed by atoms with E-state index in [1.807, 2.05) is 48.7 Å². The van der Waals surface area contributed by atoms with Crippen LogP contribution in [0.3, 0.4) is 0 Å². The lowest BCUT2D eigenvalue weighted by molar-refractivity contribution is 0.102. The van der Waals surface area contributed by atoms with Crippen molar-refractivity contribution in [2.75, 3.05) is 5.32 Å². The van der Waals surface area contributed by atoms with E-state index in [1.54, 1.807) is 41.1 Å². The largest absolute Gasteiger partial charge is 0.487 e. The predicted molar refractivity (Wildman–Crippen MR) is 123 cm³/mol. The summed E-state index contributed by atoms with van der Waals surface area (Å²) >= 11 is 12.0. The van der Waals surface area contributed by atoms with Crippen LogP contribution in [0.5, 0.6) is 5.75 Å². The SMILES string of the molecule is O=C(Nc1ccn(Cc2ccccc2)n1)c1ccc(COc2ccc(Cl)cc2Cl)cc1.